The summed E-state index contributed by atoms with van der Waals surface area (Å²) in [5.74, 6) is 0. The van der Waals surface area contributed by atoms with Gasteiger partial charge >= 0.3 is 6.03 Å². The Morgan fingerprint density at radius 2 is 1.85 bits per heavy atom. The average Bonchev–Trinajstić information content (AvgIpc) is 2.44. The molecule has 0 saturated carbocycles. The summed E-state index contributed by atoms with van der Waals surface area (Å²) < 4.78 is 0. The topological polar surface area (TPSA) is 35.6 Å². The number of amides is 2. The molecule has 2 rings (SSSR count). The summed E-state index contributed by atoms with van der Waals surface area (Å²) in [4.78, 5) is 16.5. The molecule has 4 nitrogen and oxygen atoms in total. The smallest absolute Gasteiger partial charge is 0.321 e. The van der Waals surface area contributed by atoms with Crippen LogP contribution in [0.5, 0.6) is 0 Å². The Labute approximate surface area is 121 Å². The van der Waals surface area contributed by atoms with E-state index >= 15 is 0 Å². The van der Waals surface area contributed by atoms with Crippen LogP contribution in [0.25, 0.3) is 0 Å². The SMILES string of the molecule is C=CCN1CCN(C(=O)Nc2c(C)cccc2C)CC1. The Morgan fingerprint density at radius 3 is 2.40 bits per heavy atom. The van der Waals surface area contributed by atoms with Gasteiger partial charge in [-0.05, 0) is 25.0 Å². The summed E-state index contributed by atoms with van der Waals surface area (Å²) in [6, 6.07) is 6.05. The predicted molar refractivity (Wildman–Crippen MR) is 83.1 cm³/mol. The molecule has 1 saturated heterocycles. The van der Waals surface area contributed by atoms with Gasteiger partial charge in [-0.3, -0.25) is 4.90 Å². The van der Waals surface area contributed by atoms with E-state index in [1.807, 2.05) is 43.0 Å². The van der Waals surface area contributed by atoms with Gasteiger partial charge in [0, 0.05) is 38.4 Å². The highest BCUT2D eigenvalue weighted by atomic mass is 16.2. The summed E-state index contributed by atoms with van der Waals surface area (Å²) in [5, 5.41) is 3.04. The molecule has 0 aliphatic carbocycles. The highest BCUT2D eigenvalue weighted by Crippen LogP contribution is 2.20. The molecule has 1 aromatic carbocycles. The van der Waals surface area contributed by atoms with Crippen molar-refractivity contribution in [1.82, 2.24) is 9.80 Å². The van der Waals surface area contributed by atoms with Crippen molar-refractivity contribution in [3.05, 3.63) is 42.0 Å². The molecule has 1 aliphatic heterocycles. The van der Waals surface area contributed by atoms with Crippen molar-refractivity contribution in [2.45, 2.75) is 13.8 Å². The van der Waals surface area contributed by atoms with Crippen LogP contribution in [0, 0.1) is 13.8 Å². The van der Waals surface area contributed by atoms with E-state index in [1.165, 1.54) is 0 Å². The third-order valence-electron chi connectivity index (χ3n) is 3.76. The Morgan fingerprint density at radius 1 is 1.25 bits per heavy atom. The van der Waals surface area contributed by atoms with Crippen LogP contribution in [0.3, 0.4) is 0 Å². The van der Waals surface area contributed by atoms with E-state index in [0.29, 0.717) is 0 Å². The molecule has 2 amide bonds. The van der Waals surface area contributed by atoms with E-state index in [4.69, 9.17) is 0 Å². The van der Waals surface area contributed by atoms with E-state index in [1.54, 1.807) is 0 Å². The first kappa shape index (κ1) is 14.6. The lowest BCUT2D eigenvalue weighted by molar-refractivity contribution is 0.156. The molecule has 0 unspecified atom stereocenters. The van der Waals surface area contributed by atoms with E-state index in [2.05, 4.69) is 16.8 Å². The quantitative estimate of drug-likeness (QED) is 0.859. The molecule has 1 heterocycles. The number of anilines is 1. The number of para-hydroxylation sites is 1. The first-order valence-electron chi connectivity index (χ1n) is 7.07. The highest BCUT2D eigenvalue weighted by Gasteiger charge is 2.20. The molecule has 4 heteroatoms. The van der Waals surface area contributed by atoms with E-state index in [0.717, 1.165) is 49.5 Å². The molecule has 0 spiro atoms. The van der Waals surface area contributed by atoms with E-state index in [-0.39, 0.29) is 6.03 Å². The number of urea groups is 1. The molecular weight excluding hydrogens is 250 g/mol. The summed E-state index contributed by atoms with van der Waals surface area (Å²) in [6.07, 6.45) is 1.91. The van der Waals surface area contributed by atoms with Gasteiger partial charge in [0.05, 0.1) is 0 Å². The maximum atomic E-state index is 12.3. The molecule has 1 N–H and O–H groups in total. The Balaban J connectivity index is 1.95. The summed E-state index contributed by atoms with van der Waals surface area (Å²) >= 11 is 0. The molecule has 20 heavy (non-hydrogen) atoms. The Kier molecular flexibility index (Phi) is 4.79. The number of piperazine rings is 1. The van der Waals surface area contributed by atoms with Crippen molar-refractivity contribution < 1.29 is 4.79 Å². The van der Waals surface area contributed by atoms with Crippen molar-refractivity contribution in [2.24, 2.45) is 0 Å². The van der Waals surface area contributed by atoms with Gasteiger partial charge in [0.2, 0.25) is 0 Å². The normalized spacial score (nSPS) is 16.0. The predicted octanol–water partition coefficient (Wildman–Crippen LogP) is 2.64. The summed E-state index contributed by atoms with van der Waals surface area (Å²) in [5.41, 5.74) is 3.14. The van der Waals surface area contributed by atoms with Crippen LogP contribution in [0.15, 0.2) is 30.9 Å². The lowest BCUT2D eigenvalue weighted by Crippen LogP contribution is -2.50. The zero-order chi connectivity index (χ0) is 14.5. The van der Waals surface area contributed by atoms with Crippen molar-refractivity contribution in [3.8, 4) is 0 Å². The van der Waals surface area contributed by atoms with Gasteiger partial charge in [-0.1, -0.05) is 24.3 Å². The lowest BCUT2D eigenvalue weighted by Gasteiger charge is -2.34. The number of hydrogen-bond donors (Lipinski definition) is 1. The fourth-order valence-electron chi connectivity index (χ4n) is 2.51. The van der Waals surface area contributed by atoms with Gasteiger partial charge < -0.3 is 10.2 Å². The number of carbonyl (C=O) groups is 1. The number of nitrogens with zero attached hydrogens (tertiary/aromatic N) is 2. The third kappa shape index (κ3) is 3.39. The van der Waals surface area contributed by atoms with Crippen molar-refractivity contribution in [3.63, 3.8) is 0 Å². The minimum Gasteiger partial charge on any atom is -0.322 e. The minimum atomic E-state index is 0.000605. The second-order valence-corrected chi connectivity index (χ2v) is 5.27. The Bertz CT molecular complexity index is 470. The van der Waals surface area contributed by atoms with Gasteiger partial charge in [0.1, 0.15) is 0 Å². The zero-order valence-electron chi connectivity index (χ0n) is 12.4. The maximum absolute atomic E-state index is 12.3. The van der Waals surface area contributed by atoms with Crippen LogP contribution in [-0.4, -0.2) is 48.6 Å². The Hall–Kier alpha value is -1.81. The average molecular weight is 273 g/mol. The fourth-order valence-corrected chi connectivity index (χ4v) is 2.51. The molecule has 108 valence electrons. The maximum Gasteiger partial charge on any atom is 0.321 e. The molecule has 1 aliphatic rings. The molecule has 0 aromatic heterocycles. The highest BCUT2D eigenvalue weighted by molar-refractivity contribution is 5.91. The molecule has 0 atom stereocenters. The third-order valence-corrected chi connectivity index (χ3v) is 3.76. The zero-order valence-corrected chi connectivity index (χ0v) is 12.4. The number of nitrogens with one attached hydrogen (secondary N) is 1. The molecule has 1 aromatic rings. The number of aryl methyl sites for hydroxylation is 2. The van der Waals surface area contributed by atoms with Crippen LogP contribution in [0.4, 0.5) is 10.5 Å². The van der Waals surface area contributed by atoms with E-state index in [9.17, 15) is 4.79 Å². The number of hydrogen-bond acceptors (Lipinski definition) is 2. The van der Waals surface area contributed by atoms with Gasteiger partial charge in [-0.15, -0.1) is 6.58 Å². The minimum absolute atomic E-state index is 0.000605. The number of benzene rings is 1. The summed E-state index contributed by atoms with van der Waals surface area (Å²) in [6.45, 7) is 12.0. The lowest BCUT2D eigenvalue weighted by atomic mass is 10.1. The fraction of sp³-hybridized carbons (Fsp3) is 0.438. The van der Waals surface area contributed by atoms with Gasteiger partial charge in [-0.2, -0.15) is 0 Å². The number of carbonyl (C=O) groups excluding carboxylic acids is 1. The van der Waals surface area contributed by atoms with Crippen LogP contribution in [0.1, 0.15) is 11.1 Å². The largest absolute Gasteiger partial charge is 0.322 e. The van der Waals surface area contributed by atoms with Crippen molar-refractivity contribution in [1.29, 1.82) is 0 Å². The van der Waals surface area contributed by atoms with Crippen LogP contribution in [-0.2, 0) is 0 Å². The van der Waals surface area contributed by atoms with E-state index < -0.39 is 0 Å². The summed E-state index contributed by atoms with van der Waals surface area (Å²) in [7, 11) is 0. The second-order valence-electron chi connectivity index (χ2n) is 5.27. The van der Waals surface area contributed by atoms with Crippen LogP contribution >= 0.6 is 0 Å². The van der Waals surface area contributed by atoms with Gasteiger partial charge in [0.15, 0.2) is 0 Å². The van der Waals surface area contributed by atoms with Gasteiger partial charge in [-0.25, -0.2) is 4.79 Å². The van der Waals surface area contributed by atoms with Crippen molar-refractivity contribution in [2.75, 3.05) is 38.0 Å². The first-order valence-corrected chi connectivity index (χ1v) is 7.07. The second kappa shape index (κ2) is 6.57. The van der Waals surface area contributed by atoms with Crippen molar-refractivity contribution >= 4 is 11.7 Å². The first-order chi connectivity index (χ1) is 9.61. The standard InChI is InChI=1S/C16H23N3O/c1-4-8-18-9-11-19(12-10-18)16(20)17-15-13(2)6-5-7-14(15)3/h4-7H,1,8-12H2,2-3H3,(H,17,20). The molecular formula is C16H23N3O. The molecule has 1 fully saturated rings. The van der Waals surface area contributed by atoms with Crippen LogP contribution < -0.4 is 5.32 Å². The van der Waals surface area contributed by atoms with Gasteiger partial charge in [0.25, 0.3) is 0 Å². The number of rotatable bonds is 3. The molecule has 0 radical (unpaired) electrons. The molecule has 0 bridgehead atoms. The van der Waals surface area contributed by atoms with Crippen LogP contribution in [0.2, 0.25) is 0 Å². The monoisotopic (exact) mass is 273 g/mol.